The van der Waals surface area contributed by atoms with E-state index in [0.717, 1.165) is 6.42 Å². The van der Waals surface area contributed by atoms with E-state index < -0.39 is 11.6 Å². The van der Waals surface area contributed by atoms with E-state index in [2.05, 4.69) is 20.6 Å². The SMILES string of the molecule is COc1ccc(-c2cnc3c(NC4CN(Cl)CCC4CNC(=O)c4ccccc4)nccn23)c(F)c1F. The number of anilines is 1. The Balaban J connectivity index is 1.38. The standard InChI is InChI=1S/C26H25ClF2N6O2/c1-37-21-8-7-18(22(28)23(21)29)20-14-31-25-24(30-10-12-35(20)25)33-19-15-34(27)11-9-17(19)13-32-26(36)16-5-3-2-4-6-16/h2-8,10,12,14,17,19H,9,11,13,15H2,1H3,(H,30,33)(H,32,36). The fraction of sp³-hybridized carbons (Fsp3) is 0.269. The van der Waals surface area contributed by atoms with Crippen LogP contribution < -0.4 is 15.4 Å². The lowest BCUT2D eigenvalue weighted by Crippen LogP contribution is -2.48. The van der Waals surface area contributed by atoms with Gasteiger partial charge in [-0.1, -0.05) is 18.2 Å². The first-order valence-electron chi connectivity index (χ1n) is 11.8. The Labute approximate surface area is 217 Å². The van der Waals surface area contributed by atoms with Gasteiger partial charge in [0.15, 0.2) is 23.0 Å². The summed E-state index contributed by atoms with van der Waals surface area (Å²) in [5.74, 6) is -1.85. The Morgan fingerprint density at radius 1 is 1.16 bits per heavy atom. The Kier molecular flexibility index (Phi) is 7.20. The predicted octanol–water partition coefficient (Wildman–Crippen LogP) is 4.37. The summed E-state index contributed by atoms with van der Waals surface area (Å²) in [7, 11) is 1.28. The van der Waals surface area contributed by atoms with Gasteiger partial charge in [0.05, 0.1) is 19.0 Å². The maximum absolute atomic E-state index is 14.8. The van der Waals surface area contributed by atoms with E-state index >= 15 is 0 Å². The minimum absolute atomic E-state index is 0.0500. The summed E-state index contributed by atoms with van der Waals surface area (Å²) in [5, 5.41) is 6.43. The van der Waals surface area contributed by atoms with Crippen molar-refractivity contribution in [1.29, 1.82) is 0 Å². The summed E-state index contributed by atoms with van der Waals surface area (Å²) in [4.78, 5) is 21.4. The third kappa shape index (κ3) is 5.07. The number of benzene rings is 2. The highest BCUT2D eigenvalue weighted by Gasteiger charge is 2.30. The number of nitrogens with zero attached hydrogens (tertiary/aromatic N) is 4. The normalized spacial score (nSPS) is 18.1. The highest BCUT2D eigenvalue weighted by Crippen LogP contribution is 2.31. The van der Waals surface area contributed by atoms with Crippen LogP contribution in [0.3, 0.4) is 0 Å². The topological polar surface area (TPSA) is 83.8 Å². The van der Waals surface area contributed by atoms with Crippen molar-refractivity contribution in [2.45, 2.75) is 12.5 Å². The monoisotopic (exact) mass is 526 g/mol. The van der Waals surface area contributed by atoms with E-state index in [9.17, 15) is 13.6 Å². The van der Waals surface area contributed by atoms with Gasteiger partial charge < -0.3 is 15.4 Å². The molecule has 1 aliphatic rings. The molecule has 11 heteroatoms. The molecule has 2 unspecified atom stereocenters. The van der Waals surface area contributed by atoms with Crippen molar-refractivity contribution in [1.82, 2.24) is 24.1 Å². The summed E-state index contributed by atoms with van der Waals surface area (Å²) in [5.41, 5.74) is 1.47. The van der Waals surface area contributed by atoms with E-state index in [1.165, 1.54) is 25.4 Å². The third-order valence-electron chi connectivity index (χ3n) is 6.56. The maximum Gasteiger partial charge on any atom is 0.251 e. The van der Waals surface area contributed by atoms with Crippen LogP contribution >= 0.6 is 11.8 Å². The van der Waals surface area contributed by atoms with Gasteiger partial charge in [-0.25, -0.2) is 18.8 Å². The molecule has 1 saturated heterocycles. The molecule has 37 heavy (non-hydrogen) atoms. The van der Waals surface area contributed by atoms with Crippen LogP contribution in [-0.4, -0.2) is 57.5 Å². The fourth-order valence-corrected chi connectivity index (χ4v) is 4.81. The van der Waals surface area contributed by atoms with E-state index in [1.807, 2.05) is 18.2 Å². The molecule has 2 aromatic carbocycles. The second-order valence-corrected chi connectivity index (χ2v) is 9.28. The van der Waals surface area contributed by atoms with Gasteiger partial charge in [0.1, 0.15) is 0 Å². The first-order valence-corrected chi connectivity index (χ1v) is 12.1. The molecule has 2 aromatic heterocycles. The minimum atomic E-state index is -1.06. The number of piperidine rings is 1. The van der Waals surface area contributed by atoms with Gasteiger partial charge in [0.2, 0.25) is 5.82 Å². The highest BCUT2D eigenvalue weighted by molar-refractivity contribution is 6.13. The molecule has 3 heterocycles. The van der Waals surface area contributed by atoms with Gasteiger partial charge >= 0.3 is 0 Å². The summed E-state index contributed by atoms with van der Waals surface area (Å²) >= 11 is 6.34. The van der Waals surface area contributed by atoms with Crippen molar-refractivity contribution in [2.24, 2.45) is 5.92 Å². The van der Waals surface area contributed by atoms with Crippen LogP contribution in [-0.2, 0) is 0 Å². The molecule has 2 atom stereocenters. The second-order valence-electron chi connectivity index (χ2n) is 8.80. The number of amides is 1. The number of nitrogens with one attached hydrogen (secondary N) is 2. The van der Waals surface area contributed by atoms with E-state index in [0.29, 0.717) is 42.4 Å². The van der Waals surface area contributed by atoms with Crippen LogP contribution in [0.5, 0.6) is 5.75 Å². The molecule has 0 bridgehead atoms. The van der Waals surface area contributed by atoms with Crippen LogP contribution in [0.15, 0.2) is 61.1 Å². The van der Waals surface area contributed by atoms with E-state index in [-0.39, 0.29) is 29.2 Å². The quantitative estimate of drug-likeness (QED) is 0.348. The van der Waals surface area contributed by atoms with Gasteiger partial charge in [-0.05, 0) is 48.4 Å². The lowest BCUT2D eigenvalue weighted by atomic mass is 9.92. The van der Waals surface area contributed by atoms with Crippen LogP contribution in [0.4, 0.5) is 14.6 Å². The van der Waals surface area contributed by atoms with Gasteiger partial charge in [-0.3, -0.25) is 9.20 Å². The number of halogens is 3. The second kappa shape index (κ2) is 10.7. The molecule has 0 radical (unpaired) electrons. The van der Waals surface area contributed by atoms with Gasteiger partial charge in [-0.2, -0.15) is 4.39 Å². The molecule has 0 spiro atoms. The summed E-state index contributed by atoms with van der Waals surface area (Å²) < 4.78 is 37.4. The number of carbonyl (C=O) groups is 1. The Morgan fingerprint density at radius 2 is 1.97 bits per heavy atom. The van der Waals surface area contributed by atoms with Crippen molar-refractivity contribution in [3.63, 3.8) is 0 Å². The van der Waals surface area contributed by atoms with E-state index in [4.69, 9.17) is 16.5 Å². The first kappa shape index (κ1) is 24.9. The largest absolute Gasteiger partial charge is 0.494 e. The van der Waals surface area contributed by atoms with Crippen LogP contribution in [0.25, 0.3) is 16.9 Å². The summed E-state index contributed by atoms with van der Waals surface area (Å²) in [6.45, 7) is 1.65. The molecular formula is C26H25ClF2N6O2. The fourth-order valence-electron chi connectivity index (χ4n) is 4.57. The zero-order valence-corrected chi connectivity index (χ0v) is 20.8. The molecule has 0 saturated carbocycles. The van der Waals surface area contributed by atoms with Gasteiger partial charge in [-0.15, -0.1) is 0 Å². The number of carbonyl (C=O) groups excluding carboxylic acids is 1. The van der Waals surface area contributed by atoms with Crippen molar-refractivity contribution >= 4 is 29.1 Å². The number of aromatic nitrogens is 3. The number of rotatable bonds is 7. The Hall–Kier alpha value is -3.76. The Morgan fingerprint density at radius 3 is 2.76 bits per heavy atom. The average Bonchev–Trinajstić information content (AvgIpc) is 3.35. The number of hydrogen-bond acceptors (Lipinski definition) is 6. The molecule has 192 valence electrons. The lowest BCUT2D eigenvalue weighted by Gasteiger charge is -2.36. The predicted molar refractivity (Wildman–Crippen MR) is 137 cm³/mol. The Bertz CT molecular complexity index is 1420. The minimum Gasteiger partial charge on any atom is -0.494 e. The first-order chi connectivity index (χ1) is 18.0. The molecule has 1 aliphatic heterocycles. The number of imidazole rings is 1. The zero-order valence-electron chi connectivity index (χ0n) is 20.0. The summed E-state index contributed by atoms with van der Waals surface area (Å²) in [6, 6.07) is 11.7. The van der Waals surface area contributed by atoms with Crippen LogP contribution in [0.2, 0.25) is 0 Å². The highest BCUT2D eigenvalue weighted by atomic mass is 35.5. The van der Waals surface area contributed by atoms with Crippen LogP contribution in [0.1, 0.15) is 16.8 Å². The number of hydrogen-bond donors (Lipinski definition) is 2. The third-order valence-corrected chi connectivity index (χ3v) is 6.87. The van der Waals surface area contributed by atoms with E-state index in [1.54, 1.807) is 33.3 Å². The molecular weight excluding hydrogens is 502 g/mol. The number of ether oxygens (including phenoxy) is 1. The van der Waals surface area contributed by atoms with Gasteiger partial charge in [0, 0.05) is 49.2 Å². The lowest BCUT2D eigenvalue weighted by molar-refractivity contribution is 0.0940. The maximum atomic E-state index is 14.8. The van der Waals surface area contributed by atoms with Crippen molar-refractivity contribution in [2.75, 3.05) is 32.1 Å². The van der Waals surface area contributed by atoms with Crippen molar-refractivity contribution in [3.8, 4) is 17.0 Å². The molecule has 5 rings (SSSR count). The number of methoxy groups -OCH3 is 1. The van der Waals surface area contributed by atoms with Crippen molar-refractivity contribution in [3.05, 3.63) is 78.3 Å². The molecule has 4 aromatic rings. The smallest absolute Gasteiger partial charge is 0.251 e. The number of fused-ring (bicyclic) bond motifs is 1. The molecule has 1 fully saturated rings. The molecule has 0 aliphatic carbocycles. The molecule has 2 N–H and O–H groups in total. The van der Waals surface area contributed by atoms with Crippen molar-refractivity contribution < 1.29 is 18.3 Å². The average molecular weight is 527 g/mol. The molecule has 1 amide bonds. The summed E-state index contributed by atoms with van der Waals surface area (Å²) in [6.07, 6.45) is 5.43. The zero-order chi connectivity index (χ0) is 25.9. The van der Waals surface area contributed by atoms with Crippen LogP contribution in [0, 0.1) is 17.6 Å². The molecule has 8 nitrogen and oxygen atoms in total. The van der Waals surface area contributed by atoms with Gasteiger partial charge in [0.25, 0.3) is 5.91 Å².